The molecular weight excluding hydrogens is 248 g/mol. The Bertz CT molecular complexity index is 701. The monoisotopic (exact) mass is 266 g/mol. The molecule has 0 unspecified atom stereocenters. The highest BCUT2D eigenvalue weighted by atomic mass is 15.3. The maximum absolute atomic E-state index is 4.44. The van der Waals surface area contributed by atoms with E-state index in [0.29, 0.717) is 5.92 Å². The zero-order valence-electron chi connectivity index (χ0n) is 11.7. The fraction of sp³-hybridized carbons (Fsp3) is 0.250. The summed E-state index contributed by atoms with van der Waals surface area (Å²) in [4.78, 5) is 4.44. The molecule has 4 nitrogen and oxygen atoms in total. The van der Waals surface area contributed by atoms with Crippen LogP contribution in [0.15, 0.2) is 48.8 Å². The predicted octanol–water partition coefficient (Wildman–Crippen LogP) is 3.46. The number of rotatable bonds is 4. The quantitative estimate of drug-likeness (QED) is 0.786. The van der Waals surface area contributed by atoms with Crippen molar-refractivity contribution >= 4 is 11.5 Å². The van der Waals surface area contributed by atoms with Gasteiger partial charge in [0.15, 0.2) is 5.65 Å². The molecule has 0 radical (unpaired) electrons. The van der Waals surface area contributed by atoms with Crippen molar-refractivity contribution in [3.63, 3.8) is 0 Å². The molecule has 0 saturated heterocycles. The van der Waals surface area contributed by atoms with Crippen LogP contribution in [-0.4, -0.2) is 14.6 Å². The summed E-state index contributed by atoms with van der Waals surface area (Å²) in [5.74, 6) is 1.38. The van der Waals surface area contributed by atoms with Crippen molar-refractivity contribution in [1.29, 1.82) is 0 Å². The molecular formula is C16H18N4. The van der Waals surface area contributed by atoms with Crippen molar-refractivity contribution in [2.24, 2.45) is 0 Å². The second-order valence-electron chi connectivity index (χ2n) is 5.16. The van der Waals surface area contributed by atoms with Gasteiger partial charge in [0.25, 0.3) is 0 Å². The Morgan fingerprint density at radius 2 is 1.95 bits per heavy atom. The summed E-state index contributed by atoms with van der Waals surface area (Å²) in [6.07, 6.45) is 3.73. The Kier molecular flexibility index (Phi) is 3.37. The topological polar surface area (TPSA) is 42.2 Å². The molecule has 3 aromatic rings. The molecule has 2 aromatic heterocycles. The lowest BCUT2D eigenvalue weighted by Gasteiger charge is -2.08. The number of anilines is 1. The van der Waals surface area contributed by atoms with Gasteiger partial charge >= 0.3 is 0 Å². The second-order valence-corrected chi connectivity index (χ2v) is 5.16. The molecule has 0 aliphatic carbocycles. The Morgan fingerprint density at radius 3 is 2.70 bits per heavy atom. The molecule has 0 aliphatic rings. The molecule has 0 atom stereocenters. The molecule has 0 spiro atoms. The van der Waals surface area contributed by atoms with E-state index in [1.165, 1.54) is 11.1 Å². The van der Waals surface area contributed by atoms with Crippen molar-refractivity contribution < 1.29 is 0 Å². The van der Waals surface area contributed by atoms with E-state index in [2.05, 4.69) is 41.4 Å². The summed E-state index contributed by atoms with van der Waals surface area (Å²) >= 11 is 0. The van der Waals surface area contributed by atoms with E-state index in [9.17, 15) is 0 Å². The molecule has 2 heterocycles. The van der Waals surface area contributed by atoms with E-state index < -0.39 is 0 Å². The molecule has 20 heavy (non-hydrogen) atoms. The Hall–Kier alpha value is -2.36. The first-order chi connectivity index (χ1) is 9.75. The average Bonchev–Trinajstić information content (AvgIpc) is 2.91. The molecule has 0 amide bonds. The van der Waals surface area contributed by atoms with Crippen LogP contribution in [-0.2, 0) is 6.54 Å². The first-order valence-corrected chi connectivity index (χ1v) is 6.86. The van der Waals surface area contributed by atoms with Gasteiger partial charge in [-0.1, -0.05) is 44.2 Å². The smallest absolute Gasteiger partial charge is 0.160 e. The van der Waals surface area contributed by atoms with Crippen molar-refractivity contribution in [3.05, 3.63) is 59.9 Å². The number of hydrogen-bond donors (Lipinski definition) is 1. The number of hydrogen-bond acceptors (Lipinski definition) is 3. The Morgan fingerprint density at radius 1 is 1.15 bits per heavy atom. The van der Waals surface area contributed by atoms with Gasteiger partial charge in [-0.15, -0.1) is 0 Å². The summed E-state index contributed by atoms with van der Waals surface area (Å²) in [5, 5.41) is 7.86. The molecule has 0 saturated carbocycles. The molecule has 3 rings (SSSR count). The first-order valence-electron chi connectivity index (χ1n) is 6.86. The normalized spacial score (nSPS) is 11.2. The summed E-state index contributed by atoms with van der Waals surface area (Å²) in [6.45, 7) is 5.09. The van der Waals surface area contributed by atoms with Gasteiger partial charge in [-0.2, -0.15) is 9.61 Å². The van der Waals surface area contributed by atoms with Crippen LogP contribution in [0.4, 0.5) is 5.82 Å². The number of nitrogens with one attached hydrogen (secondary N) is 1. The summed E-state index contributed by atoms with van der Waals surface area (Å²) < 4.78 is 1.87. The number of aromatic nitrogens is 3. The van der Waals surface area contributed by atoms with Crippen molar-refractivity contribution in [1.82, 2.24) is 14.6 Å². The minimum absolute atomic E-state index is 0.421. The first kappa shape index (κ1) is 12.7. The zero-order valence-corrected chi connectivity index (χ0v) is 11.7. The lowest BCUT2D eigenvalue weighted by atomic mass is 10.1. The van der Waals surface area contributed by atoms with Crippen molar-refractivity contribution in [3.8, 4) is 0 Å². The molecule has 4 heteroatoms. The van der Waals surface area contributed by atoms with Crippen molar-refractivity contribution in [2.75, 3.05) is 5.32 Å². The third-order valence-electron chi connectivity index (χ3n) is 3.37. The van der Waals surface area contributed by atoms with Gasteiger partial charge in [-0.25, -0.2) is 4.98 Å². The van der Waals surface area contributed by atoms with Crippen LogP contribution in [0.3, 0.4) is 0 Å². The zero-order chi connectivity index (χ0) is 13.9. The lowest BCUT2D eigenvalue weighted by molar-refractivity contribution is 0.871. The second kappa shape index (κ2) is 5.33. The summed E-state index contributed by atoms with van der Waals surface area (Å²) in [5.41, 5.74) is 3.35. The fourth-order valence-corrected chi connectivity index (χ4v) is 2.24. The predicted molar refractivity (Wildman–Crippen MR) is 80.8 cm³/mol. The fourth-order valence-electron chi connectivity index (χ4n) is 2.24. The highest BCUT2D eigenvalue weighted by molar-refractivity contribution is 5.54. The van der Waals surface area contributed by atoms with E-state index in [0.717, 1.165) is 18.0 Å². The molecule has 1 N–H and O–H groups in total. The molecule has 1 aromatic carbocycles. The van der Waals surface area contributed by atoms with Crippen LogP contribution in [0.1, 0.15) is 30.9 Å². The van der Waals surface area contributed by atoms with Gasteiger partial charge in [-0.05, 0) is 17.5 Å². The van der Waals surface area contributed by atoms with Crippen LogP contribution in [0.5, 0.6) is 0 Å². The van der Waals surface area contributed by atoms with Gasteiger partial charge in [-0.3, -0.25) is 0 Å². The van der Waals surface area contributed by atoms with Gasteiger partial charge in [0.1, 0.15) is 5.82 Å². The number of fused-ring (bicyclic) bond motifs is 1. The summed E-state index contributed by atoms with van der Waals surface area (Å²) in [6, 6.07) is 12.3. The Balaban J connectivity index is 1.89. The number of nitrogens with zero attached hydrogens (tertiary/aromatic N) is 3. The van der Waals surface area contributed by atoms with E-state index >= 15 is 0 Å². The third kappa shape index (κ3) is 2.37. The van der Waals surface area contributed by atoms with E-state index in [1.54, 1.807) is 0 Å². The maximum Gasteiger partial charge on any atom is 0.160 e. The van der Waals surface area contributed by atoms with Gasteiger partial charge in [0, 0.05) is 18.3 Å². The van der Waals surface area contributed by atoms with Gasteiger partial charge in [0.2, 0.25) is 0 Å². The number of benzene rings is 1. The molecule has 0 fully saturated rings. The van der Waals surface area contributed by atoms with Crippen LogP contribution < -0.4 is 5.32 Å². The third-order valence-corrected chi connectivity index (χ3v) is 3.37. The van der Waals surface area contributed by atoms with Gasteiger partial charge in [0.05, 0.1) is 6.20 Å². The van der Waals surface area contributed by atoms with Crippen LogP contribution in [0.2, 0.25) is 0 Å². The minimum atomic E-state index is 0.421. The van der Waals surface area contributed by atoms with E-state index in [-0.39, 0.29) is 0 Å². The van der Waals surface area contributed by atoms with Crippen LogP contribution in [0, 0.1) is 0 Å². The standard InChI is InChI=1S/C16H18N4/c1-12(2)14-11-19-20-15(8-9-17-16(14)20)18-10-13-6-4-3-5-7-13/h3-9,11-12,18H,10H2,1-2H3. The summed E-state index contributed by atoms with van der Waals surface area (Å²) in [7, 11) is 0. The average molecular weight is 266 g/mol. The Labute approximate surface area is 118 Å². The largest absolute Gasteiger partial charge is 0.366 e. The van der Waals surface area contributed by atoms with Crippen LogP contribution in [0.25, 0.3) is 5.65 Å². The highest BCUT2D eigenvalue weighted by Gasteiger charge is 2.10. The molecule has 102 valence electrons. The SMILES string of the molecule is CC(C)c1cnn2c(NCc3ccccc3)ccnc12. The van der Waals surface area contributed by atoms with Crippen molar-refractivity contribution in [2.45, 2.75) is 26.3 Å². The van der Waals surface area contributed by atoms with Gasteiger partial charge < -0.3 is 5.32 Å². The van der Waals surface area contributed by atoms with E-state index in [1.807, 2.05) is 41.2 Å². The molecule has 0 aliphatic heterocycles. The minimum Gasteiger partial charge on any atom is -0.366 e. The lowest BCUT2D eigenvalue weighted by Crippen LogP contribution is -2.05. The molecule has 0 bridgehead atoms. The highest BCUT2D eigenvalue weighted by Crippen LogP contribution is 2.21. The van der Waals surface area contributed by atoms with Crippen LogP contribution >= 0.6 is 0 Å². The maximum atomic E-state index is 4.44. The van der Waals surface area contributed by atoms with E-state index in [4.69, 9.17) is 0 Å².